The quantitative estimate of drug-likeness (QED) is 0.461. The second-order valence-electron chi connectivity index (χ2n) is 2.54. The Morgan fingerprint density at radius 1 is 1.55 bits per heavy atom. The maximum Gasteiger partial charge on any atom is 0.302 e. The van der Waals surface area contributed by atoms with Crippen LogP contribution in [-0.2, 0) is 9.53 Å². The van der Waals surface area contributed by atoms with Crippen LogP contribution in [0.3, 0.4) is 0 Å². The Kier molecular flexibility index (Phi) is 5.53. The van der Waals surface area contributed by atoms with Crippen molar-refractivity contribution in [2.45, 2.75) is 39.7 Å². The van der Waals surface area contributed by atoms with Crippen LogP contribution in [0.25, 0.3) is 0 Å². The molecule has 0 heterocycles. The number of hydrogen-bond acceptors (Lipinski definition) is 2. The molecule has 0 rings (SSSR count). The Bertz CT molecular complexity index is 138. The molecule has 0 aromatic rings. The van der Waals surface area contributed by atoms with Gasteiger partial charge in [-0.2, -0.15) is 0 Å². The fraction of sp³-hybridized carbons (Fsp3) is 0.667. The highest BCUT2D eigenvalue weighted by molar-refractivity contribution is 5.66. The minimum absolute atomic E-state index is 0.00954. The Morgan fingerprint density at radius 2 is 2.18 bits per heavy atom. The fourth-order valence-corrected chi connectivity index (χ4v) is 0.786. The maximum absolute atomic E-state index is 10.4. The van der Waals surface area contributed by atoms with Crippen molar-refractivity contribution in [2.24, 2.45) is 0 Å². The van der Waals surface area contributed by atoms with Crippen molar-refractivity contribution in [3.63, 3.8) is 0 Å². The summed E-state index contributed by atoms with van der Waals surface area (Å²) >= 11 is 0. The lowest BCUT2D eigenvalue weighted by molar-refractivity contribution is -0.145. The van der Waals surface area contributed by atoms with Crippen molar-refractivity contribution < 1.29 is 9.53 Å². The van der Waals surface area contributed by atoms with Crippen LogP contribution < -0.4 is 0 Å². The van der Waals surface area contributed by atoms with Gasteiger partial charge >= 0.3 is 5.97 Å². The summed E-state index contributed by atoms with van der Waals surface area (Å²) in [7, 11) is 0. The lowest BCUT2D eigenvalue weighted by atomic mass is 10.2. The summed E-state index contributed by atoms with van der Waals surface area (Å²) < 4.78 is 4.91. The van der Waals surface area contributed by atoms with E-state index in [4.69, 9.17) is 4.74 Å². The van der Waals surface area contributed by atoms with Crippen molar-refractivity contribution >= 4 is 5.97 Å². The third-order valence-electron chi connectivity index (χ3n) is 1.24. The molecule has 0 saturated heterocycles. The number of carbonyl (C=O) groups excluding carboxylic acids is 1. The molecule has 1 unspecified atom stereocenters. The van der Waals surface area contributed by atoms with Crippen molar-refractivity contribution in [3.8, 4) is 0 Å². The molecule has 11 heavy (non-hydrogen) atoms. The van der Waals surface area contributed by atoms with E-state index in [9.17, 15) is 4.79 Å². The minimum atomic E-state index is -0.206. The predicted octanol–water partition coefficient (Wildman–Crippen LogP) is 2.29. The van der Waals surface area contributed by atoms with Crippen LogP contribution in [0.4, 0.5) is 0 Å². The van der Waals surface area contributed by atoms with Gasteiger partial charge in [-0.3, -0.25) is 4.79 Å². The van der Waals surface area contributed by atoms with E-state index in [1.807, 2.05) is 13.0 Å². The average molecular weight is 156 g/mol. The molecule has 0 saturated carbocycles. The minimum Gasteiger partial charge on any atom is -0.463 e. The summed E-state index contributed by atoms with van der Waals surface area (Å²) in [5.41, 5.74) is 0. The first-order valence-electron chi connectivity index (χ1n) is 3.99. The molecular weight excluding hydrogens is 140 g/mol. The number of hydrogen-bond donors (Lipinski definition) is 0. The fourth-order valence-electron chi connectivity index (χ4n) is 0.786. The molecule has 0 aliphatic heterocycles. The Hall–Kier alpha value is -0.790. The van der Waals surface area contributed by atoms with Crippen molar-refractivity contribution in [2.75, 3.05) is 0 Å². The summed E-state index contributed by atoms with van der Waals surface area (Å²) in [6.45, 7) is 5.40. The van der Waals surface area contributed by atoms with Crippen molar-refractivity contribution in [1.29, 1.82) is 0 Å². The second kappa shape index (κ2) is 5.96. The molecule has 1 atom stereocenters. The van der Waals surface area contributed by atoms with Gasteiger partial charge in [-0.1, -0.05) is 19.1 Å². The molecule has 0 bridgehead atoms. The maximum atomic E-state index is 10.4. The van der Waals surface area contributed by atoms with E-state index < -0.39 is 0 Å². The average Bonchev–Trinajstić information content (AvgIpc) is 1.86. The van der Waals surface area contributed by atoms with Crippen LogP contribution in [-0.4, -0.2) is 12.1 Å². The van der Waals surface area contributed by atoms with Gasteiger partial charge in [0.25, 0.3) is 0 Å². The van der Waals surface area contributed by atoms with Crippen LogP contribution in [0.2, 0.25) is 0 Å². The molecule has 0 fully saturated rings. The zero-order valence-electron chi connectivity index (χ0n) is 7.46. The van der Waals surface area contributed by atoms with Gasteiger partial charge < -0.3 is 4.74 Å². The van der Waals surface area contributed by atoms with E-state index in [0.717, 1.165) is 12.8 Å². The molecule has 0 amide bonds. The number of allylic oxidation sites excluding steroid dienone is 1. The number of carbonyl (C=O) groups is 1. The molecule has 0 spiro atoms. The molecule has 0 aliphatic carbocycles. The molecule has 2 nitrogen and oxygen atoms in total. The topological polar surface area (TPSA) is 26.3 Å². The number of ether oxygens (including phenoxy) is 1. The van der Waals surface area contributed by atoms with E-state index in [-0.39, 0.29) is 12.1 Å². The van der Waals surface area contributed by atoms with E-state index >= 15 is 0 Å². The Morgan fingerprint density at radius 3 is 2.64 bits per heavy atom. The number of esters is 1. The third kappa shape index (κ3) is 7.10. The SMILES string of the molecule is CCC=CCC(C)OC(C)=O. The zero-order chi connectivity index (χ0) is 8.69. The molecule has 0 aliphatic rings. The summed E-state index contributed by atoms with van der Waals surface area (Å²) in [4.78, 5) is 10.4. The number of rotatable bonds is 4. The van der Waals surface area contributed by atoms with Crippen LogP contribution in [0.1, 0.15) is 33.6 Å². The second-order valence-corrected chi connectivity index (χ2v) is 2.54. The van der Waals surface area contributed by atoms with Gasteiger partial charge in [-0.05, 0) is 13.3 Å². The molecule has 0 aromatic carbocycles. The molecule has 2 heteroatoms. The van der Waals surface area contributed by atoms with Gasteiger partial charge in [0.15, 0.2) is 0 Å². The summed E-state index contributed by atoms with van der Waals surface area (Å²) in [5, 5.41) is 0. The van der Waals surface area contributed by atoms with Gasteiger partial charge in [0.2, 0.25) is 0 Å². The Labute approximate surface area is 68.2 Å². The largest absolute Gasteiger partial charge is 0.463 e. The standard InChI is InChI=1S/C9H16O2/c1-4-5-6-7-8(2)11-9(3)10/h5-6,8H,4,7H2,1-3H3. The van der Waals surface area contributed by atoms with Crippen LogP contribution in [0, 0.1) is 0 Å². The zero-order valence-corrected chi connectivity index (χ0v) is 7.46. The predicted molar refractivity (Wildman–Crippen MR) is 45.3 cm³/mol. The molecule has 64 valence electrons. The first-order valence-corrected chi connectivity index (χ1v) is 3.99. The highest BCUT2D eigenvalue weighted by Crippen LogP contribution is 1.99. The molecule has 0 N–H and O–H groups in total. The van der Waals surface area contributed by atoms with Crippen molar-refractivity contribution in [1.82, 2.24) is 0 Å². The van der Waals surface area contributed by atoms with E-state index in [1.165, 1.54) is 6.92 Å². The van der Waals surface area contributed by atoms with Gasteiger partial charge in [0.05, 0.1) is 0 Å². The normalized spacial score (nSPS) is 13.4. The van der Waals surface area contributed by atoms with Crippen LogP contribution in [0.15, 0.2) is 12.2 Å². The Balaban J connectivity index is 3.44. The molecule has 0 radical (unpaired) electrons. The van der Waals surface area contributed by atoms with Gasteiger partial charge in [0, 0.05) is 13.3 Å². The first kappa shape index (κ1) is 10.2. The monoisotopic (exact) mass is 156 g/mol. The molecular formula is C9H16O2. The first-order chi connectivity index (χ1) is 5.16. The van der Waals surface area contributed by atoms with Gasteiger partial charge in [-0.25, -0.2) is 0 Å². The van der Waals surface area contributed by atoms with Gasteiger partial charge in [-0.15, -0.1) is 0 Å². The highest BCUT2D eigenvalue weighted by Gasteiger charge is 2.00. The van der Waals surface area contributed by atoms with Crippen LogP contribution in [0.5, 0.6) is 0 Å². The van der Waals surface area contributed by atoms with Crippen LogP contribution >= 0.6 is 0 Å². The van der Waals surface area contributed by atoms with E-state index in [1.54, 1.807) is 0 Å². The molecule has 0 aromatic heterocycles. The summed E-state index contributed by atoms with van der Waals surface area (Å²) in [6, 6.07) is 0. The van der Waals surface area contributed by atoms with E-state index in [2.05, 4.69) is 13.0 Å². The lowest BCUT2D eigenvalue weighted by Gasteiger charge is -2.07. The third-order valence-corrected chi connectivity index (χ3v) is 1.24. The smallest absolute Gasteiger partial charge is 0.302 e. The lowest BCUT2D eigenvalue weighted by Crippen LogP contribution is -2.10. The van der Waals surface area contributed by atoms with Crippen molar-refractivity contribution in [3.05, 3.63) is 12.2 Å². The summed E-state index contributed by atoms with van der Waals surface area (Å²) in [5.74, 6) is -0.206. The van der Waals surface area contributed by atoms with E-state index in [0.29, 0.717) is 0 Å². The highest BCUT2D eigenvalue weighted by atomic mass is 16.5. The summed E-state index contributed by atoms with van der Waals surface area (Å²) in [6.07, 6.45) is 5.96. The van der Waals surface area contributed by atoms with Gasteiger partial charge in [0.1, 0.15) is 6.10 Å².